The third-order valence-electron chi connectivity index (χ3n) is 6.27. The first-order valence-electron chi connectivity index (χ1n) is 11.5. The molecule has 1 aliphatic heterocycles. The van der Waals surface area contributed by atoms with Crippen LogP contribution >= 0.6 is 0 Å². The lowest BCUT2D eigenvalue weighted by Crippen LogP contribution is -2.64. The van der Waals surface area contributed by atoms with Gasteiger partial charge in [0.25, 0.3) is 0 Å². The molecule has 1 aromatic carbocycles. The summed E-state index contributed by atoms with van der Waals surface area (Å²) in [5.74, 6) is -0.752. The summed E-state index contributed by atoms with van der Waals surface area (Å²) in [6, 6.07) is 6.98. The van der Waals surface area contributed by atoms with Gasteiger partial charge in [0.05, 0.1) is 6.04 Å². The summed E-state index contributed by atoms with van der Waals surface area (Å²) in [6.45, 7) is 8.93. The van der Waals surface area contributed by atoms with Gasteiger partial charge in [0.1, 0.15) is 12.1 Å². The van der Waals surface area contributed by atoms with Gasteiger partial charge in [0, 0.05) is 25.6 Å². The molecule has 1 heterocycles. The Morgan fingerprint density at radius 2 is 1.87 bits per heavy atom. The first kappa shape index (κ1) is 23.3. The molecule has 3 N–H and O–H groups in total. The fourth-order valence-corrected chi connectivity index (χ4v) is 4.39. The number of amides is 3. The molecule has 31 heavy (non-hydrogen) atoms. The van der Waals surface area contributed by atoms with Crippen molar-refractivity contribution in [2.24, 2.45) is 11.8 Å². The van der Waals surface area contributed by atoms with Gasteiger partial charge in [-0.15, -0.1) is 0 Å². The van der Waals surface area contributed by atoms with Crippen LogP contribution in [0, 0.1) is 11.8 Å². The van der Waals surface area contributed by atoms with Crippen molar-refractivity contribution in [1.29, 1.82) is 0 Å². The lowest BCUT2D eigenvalue weighted by Gasteiger charge is -2.39. The lowest BCUT2D eigenvalue weighted by atomic mass is 9.87. The monoisotopic (exact) mass is 428 g/mol. The normalized spacial score (nSPS) is 22.1. The van der Waals surface area contributed by atoms with E-state index in [0.717, 1.165) is 19.3 Å². The van der Waals surface area contributed by atoms with E-state index in [9.17, 15) is 14.4 Å². The molecule has 1 saturated heterocycles. The van der Waals surface area contributed by atoms with Crippen LogP contribution in [-0.2, 0) is 20.8 Å². The number of aryl methyl sites for hydroxylation is 1. The van der Waals surface area contributed by atoms with E-state index < -0.39 is 12.1 Å². The van der Waals surface area contributed by atoms with Gasteiger partial charge in [-0.05, 0) is 36.3 Å². The van der Waals surface area contributed by atoms with Crippen LogP contribution in [0.3, 0.4) is 0 Å². The zero-order valence-electron chi connectivity index (χ0n) is 19.1. The largest absolute Gasteiger partial charge is 0.347 e. The Bertz CT molecular complexity index is 808. The first-order chi connectivity index (χ1) is 14.8. The van der Waals surface area contributed by atoms with Crippen molar-refractivity contribution in [1.82, 2.24) is 20.9 Å². The lowest BCUT2D eigenvalue weighted by molar-refractivity contribution is -0.145. The second-order valence-corrected chi connectivity index (χ2v) is 9.29. The summed E-state index contributed by atoms with van der Waals surface area (Å²) in [7, 11) is 0. The van der Waals surface area contributed by atoms with E-state index in [2.05, 4.69) is 28.1 Å². The van der Waals surface area contributed by atoms with E-state index in [1.807, 2.05) is 26.0 Å². The Hall–Kier alpha value is -2.41. The molecule has 3 amide bonds. The van der Waals surface area contributed by atoms with Crippen LogP contribution in [0.1, 0.15) is 57.7 Å². The summed E-state index contributed by atoms with van der Waals surface area (Å²) in [6.07, 6.45) is 2.96. The molecular formula is C24H36N4O3. The maximum atomic E-state index is 13.4. The molecule has 0 unspecified atom stereocenters. The Balaban J connectivity index is 1.74. The predicted molar refractivity (Wildman–Crippen MR) is 120 cm³/mol. The number of benzene rings is 1. The zero-order chi connectivity index (χ0) is 22.5. The number of rotatable bonds is 6. The summed E-state index contributed by atoms with van der Waals surface area (Å²) in [5, 5.41) is 9.32. The van der Waals surface area contributed by atoms with Crippen LogP contribution in [0.5, 0.6) is 0 Å². The highest BCUT2D eigenvalue weighted by molar-refractivity contribution is 5.93. The smallest absolute Gasteiger partial charge is 0.246 e. The number of nitrogens with one attached hydrogen (secondary N) is 3. The maximum absolute atomic E-state index is 13.4. The van der Waals surface area contributed by atoms with Gasteiger partial charge in [-0.1, -0.05) is 52.0 Å². The van der Waals surface area contributed by atoms with Gasteiger partial charge >= 0.3 is 0 Å². The Labute approximate surface area is 185 Å². The molecule has 0 radical (unpaired) electrons. The van der Waals surface area contributed by atoms with Gasteiger partial charge in [-0.25, -0.2) is 0 Å². The molecule has 3 rings (SSSR count). The highest BCUT2D eigenvalue weighted by atomic mass is 16.2. The van der Waals surface area contributed by atoms with E-state index in [4.69, 9.17) is 0 Å². The summed E-state index contributed by atoms with van der Waals surface area (Å²) in [5.41, 5.74) is 2.46. The standard InChI is InChI=1S/C24H36N4O3/c1-15(2)21(27-22(29)16(3)4)24(31)28-13-12-25-14-20(28)23(30)26-19-11-7-9-17-8-5-6-10-18(17)19/h5-6,8,10,15-16,19-21,25H,7,9,11-14H2,1-4H3,(H,26,30)(H,27,29)/t19-,20+,21+/m1/s1. The third kappa shape index (κ3) is 5.45. The molecule has 1 aromatic rings. The molecule has 3 atom stereocenters. The second-order valence-electron chi connectivity index (χ2n) is 9.29. The SMILES string of the molecule is CC(C)C(=O)N[C@H](C(=O)N1CCNC[C@H]1C(=O)N[C@@H]1CCCc2ccccc21)C(C)C. The van der Waals surface area contributed by atoms with Crippen LogP contribution in [0.25, 0.3) is 0 Å². The van der Waals surface area contributed by atoms with Gasteiger partial charge in [0.2, 0.25) is 17.7 Å². The molecule has 0 aromatic heterocycles. The molecule has 170 valence electrons. The van der Waals surface area contributed by atoms with Crippen molar-refractivity contribution in [3.05, 3.63) is 35.4 Å². The van der Waals surface area contributed by atoms with Gasteiger partial charge in [-0.3, -0.25) is 14.4 Å². The molecule has 1 aliphatic carbocycles. The van der Waals surface area contributed by atoms with Crippen molar-refractivity contribution >= 4 is 17.7 Å². The number of carbonyl (C=O) groups excluding carboxylic acids is 3. The zero-order valence-corrected chi connectivity index (χ0v) is 19.1. The fourth-order valence-electron chi connectivity index (χ4n) is 4.39. The highest BCUT2D eigenvalue weighted by Crippen LogP contribution is 2.29. The van der Waals surface area contributed by atoms with Crippen LogP contribution < -0.4 is 16.0 Å². The van der Waals surface area contributed by atoms with E-state index in [0.29, 0.717) is 19.6 Å². The highest BCUT2D eigenvalue weighted by Gasteiger charge is 2.38. The Morgan fingerprint density at radius 1 is 1.13 bits per heavy atom. The molecule has 7 heteroatoms. The van der Waals surface area contributed by atoms with Crippen LogP contribution in [0.4, 0.5) is 0 Å². The van der Waals surface area contributed by atoms with Crippen molar-refractivity contribution in [2.45, 2.75) is 65.1 Å². The number of hydrogen-bond donors (Lipinski definition) is 3. The van der Waals surface area contributed by atoms with Crippen LogP contribution in [0.2, 0.25) is 0 Å². The summed E-state index contributed by atoms with van der Waals surface area (Å²) < 4.78 is 0. The average molecular weight is 429 g/mol. The van der Waals surface area contributed by atoms with Crippen LogP contribution in [-0.4, -0.2) is 54.3 Å². The second kappa shape index (κ2) is 10.3. The topological polar surface area (TPSA) is 90.5 Å². The fraction of sp³-hybridized carbons (Fsp3) is 0.625. The van der Waals surface area contributed by atoms with Crippen LogP contribution in [0.15, 0.2) is 24.3 Å². The van der Waals surface area contributed by atoms with Crippen molar-refractivity contribution in [3.63, 3.8) is 0 Å². The van der Waals surface area contributed by atoms with E-state index in [-0.39, 0.29) is 35.6 Å². The first-order valence-corrected chi connectivity index (χ1v) is 11.5. The van der Waals surface area contributed by atoms with Crippen molar-refractivity contribution in [2.75, 3.05) is 19.6 Å². The maximum Gasteiger partial charge on any atom is 0.246 e. The molecule has 2 aliphatic rings. The molecule has 0 saturated carbocycles. The average Bonchev–Trinajstić information content (AvgIpc) is 2.76. The van der Waals surface area contributed by atoms with Crippen molar-refractivity contribution in [3.8, 4) is 0 Å². The minimum absolute atomic E-state index is 0.0298. The number of fused-ring (bicyclic) bond motifs is 1. The predicted octanol–water partition coefficient (Wildman–Crippen LogP) is 1.78. The molecule has 7 nitrogen and oxygen atoms in total. The van der Waals surface area contributed by atoms with Gasteiger partial charge in [-0.2, -0.15) is 0 Å². The van der Waals surface area contributed by atoms with Gasteiger partial charge < -0.3 is 20.9 Å². The molecule has 0 bridgehead atoms. The number of nitrogens with zero attached hydrogens (tertiary/aromatic N) is 1. The number of hydrogen-bond acceptors (Lipinski definition) is 4. The van der Waals surface area contributed by atoms with E-state index in [1.165, 1.54) is 11.1 Å². The number of piperazine rings is 1. The molecule has 0 spiro atoms. The van der Waals surface area contributed by atoms with E-state index >= 15 is 0 Å². The van der Waals surface area contributed by atoms with E-state index in [1.54, 1.807) is 18.7 Å². The van der Waals surface area contributed by atoms with Crippen molar-refractivity contribution < 1.29 is 14.4 Å². The van der Waals surface area contributed by atoms with Gasteiger partial charge in [0.15, 0.2) is 0 Å². The summed E-state index contributed by atoms with van der Waals surface area (Å²) in [4.78, 5) is 40.6. The minimum Gasteiger partial charge on any atom is -0.347 e. The molecule has 1 fully saturated rings. The quantitative estimate of drug-likeness (QED) is 0.644. The number of carbonyl (C=O) groups is 3. The Morgan fingerprint density at radius 3 is 2.58 bits per heavy atom. The third-order valence-corrected chi connectivity index (χ3v) is 6.27. The summed E-state index contributed by atoms with van der Waals surface area (Å²) >= 11 is 0. The minimum atomic E-state index is -0.640. The Kier molecular flexibility index (Phi) is 7.70. The molecular weight excluding hydrogens is 392 g/mol.